The summed E-state index contributed by atoms with van der Waals surface area (Å²) in [5, 5.41) is 8.78. The number of anilines is 1. The summed E-state index contributed by atoms with van der Waals surface area (Å²) < 4.78 is 39.3. The molecular formula is C12H9FN2O5S. The molecular weight excluding hydrogens is 303 g/mol. The van der Waals surface area contributed by atoms with Gasteiger partial charge >= 0.3 is 5.97 Å². The van der Waals surface area contributed by atoms with Crippen LogP contribution in [0.3, 0.4) is 0 Å². The molecule has 0 amide bonds. The number of rotatable bonds is 4. The zero-order valence-corrected chi connectivity index (χ0v) is 11.1. The Hall–Kier alpha value is -2.68. The van der Waals surface area contributed by atoms with Crippen molar-refractivity contribution in [1.82, 2.24) is 4.98 Å². The standard InChI is InChI=1S/C12H9FN2O5S/c13-10-3-1-7(5-9(10)12(17)18)15-21(19,20)8-2-4-11(16)14-6-8/h1-6,15H,(H,14,16)(H,17,18). The van der Waals surface area contributed by atoms with E-state index in [0.29, 0.717) is 0 Å². The minimum atomic E-state index is -4.02. The maximum absolute atomic E-state index is 13.2. The van der Waals surface area contributed by atoms with Crippen molar-refractivity contribution in [2.75, 3.05) is 4.72 Å². The maximum atomic E-state index is 13.2. The predicted octanol–water partition coefficient (Wildman–Crippen LogP) is 1.01. The molecule has 0 saturated heterocycles. The van der Waals surface area contributed by atoms with E-state index in [-0.39, 0.29) is 10.6 Å². The lowest BCUT2D eigenvalue weighted by molar-refractivity contribution is 0.0692. The van der Waals surface area contributed by atoms with Crippen molar-refractivity contribution in [2.24, 2.45) is 0 Å². The highest BCUT2D eigenvalue weighted by atomic mass is 32.2. The maximum Gasteiger partial charge on any atom is 0.338 e. The Kier molecular flexibility index (Phi) is 3.76. The summed E-state index contributed by atoms with van der Waals surface area (Å²) in [6.07, 6.45) is 0.992. The van der Waals surface area contributed by atoms with E-state index in [4.69, 9.17) is 5.11 Å². The fourth-order valence-electron chi connectivity index (χ4n) is 1.53. The highest BCUT2D eigenvalue weighted by Crippen LogP contribution is 2.18. The van der Waals surface area contributed by atoms with Gasteiger partial charge in [-0.1, -0.05) is 0 Å². The van der Waals surface area contributed by atoms with Gasteiger partial charge in [0.05, 0.1) is 5.56 Å². The molecule has 3 N–H and O–H groups in total. The summed E-state index contributed by atoms with van der Waals surface area (Å²) in [7, 11) is -4.02. The lowest BCUT2D eigenvalue weighted by atomic mass is 10.2. The molecule has 0 bridgehead atoms. The van der Waals surface area contributed by atoms with Crippen LogP contribution in [-0.2, 0) is 10.0 Å². The Morgan fingerprint density at radius 3 is 2.52 bits per heavy atom. The number of aromatic carboxylic acids is 1. The molecule has 9 heteroatoms. The van der Waals surface area contributed by atoms with Crippen LogP contribution in [0.1, 0.15) is 10.4 Å². The smallest absolute Gasteiger partial charge is 0.338 e. The lowest BCUT2D eigenvalue weighted by Crippen LogP contribution is -2.15. The number of aromatic nitrogens is 1. The van der Waals surface area contributed by atoms with Crippen LogP contribution in [0.4, 0.5) is 10.1 Å². The van der Waals surface area contributed by atoms with E-state index in [2.05, 4.69) is 9.71 Å². The Labute approximate surface area is 118 Å². The normalized spacial score (nSPS) is 11.1. The van der Waals surface area contributed by atoms with Gasteiger partial charge in [-0.3, -0.25) is 9.52 Å². The molecule has 0 aliphatic rings. The van der Waals surface area contributed by atoms with E-state index in [1.165, 1.54) is 0 Å². The highest BCUT2D eigenvalue weighted by molar-refractivity contribution is 7.92. The minimum absolute atomic E-state index is 0.111. The lowest BCUT2D eigenvalue weighted by Gasteiger charge is -2.08. The largest absolute Gasteiger partial charge is 0.478 e. The first kappa shape index (κ1) is 14.7. The van der Waals surface area contributed by atoms with Crippen molar-refractivity contribution >= 4 is 21.7 Å². The molecule has 21 heavy (non-hydrogen) atoms. The van der Waals surface area contributed by atoms with Gasteiger partial charge in [0.15, 0.2) is 0 Å². The van der Waals surface area contributed by atoms with Crippen molar-refractivity contribution in [3.63, 3.8) is 0 Å². The van der Waals surface area contributed by atoms with Gasteiger partial charge in [0.2, 0.25) is 5.56 Å². The first-order chi connectivity index (χ1) is 9.79. The van der Waals surface area contributed by atoms with Crippen molar-refractivity contribution in [2.45, 2.75) is 4.90 Å². The van der Waals surface area contributed by atoms with Gasteiger partial charge in [-0.05, 0) is 24.3 Å². The molecule has 7 nitrogen and oxygen atoms in total. The van der Waals surface area contributed by atoms with Crippen LogP contribution >= 0.6 is 0 Å². The summed E-state index contributed by atoms with van der Waals surface area (Å²) in [6.45, 7) is 0. The molecule has 0 aliphatic heterocycles. The summed E-state index contributed by atoms with van der Waals surface area (Å²) in [4.78, 5) is 23.7. The number of hydrogen-bond acceptors (Lipinski definition) is 4. The number of carboxylic acids is 1. The van der Waals surface area contributed by atoms with Gasteiger partial charge in [0.25, 0.3) is 10.0 Å². The highest BCUT2D eigenvalue weighted by Gasteiger charge is 2.17. The van der Waals surface area contributed by atoms with Gasteiger partial charge in [-0.2, -0.15) is 0 Å². The van der Waals surface area contributed by atoms with Crippen molar-refractivity contribution in [3.8, 4) is 0 Å². The second kappa shape index (κ2) is 5.37. The molecule has 0 spiro atoms. The molecule has 0 radical (unpaired) electrons. The van der Waals surface area contributed by atoms with Gasteiger partial charge < -0.3 is 10.1 Å². The van der Waals surface area contributed by atoms with E-state index in [1.54, 1.807) is 0 Å². The SMILES string of the molecule is O=C(O)c1cc(NS(=O)(=O)c2ccc(=O)[nH]c2)ccc1F. The van der Waals surface area contributed by atoms with E-state index >= 15 is 0 Å². The van der Waals surface area contributed by atoms with Crippen LogP contribution in [0.15, 0.2) is 46.2 Å². The topological polar surface area (TPSA) is 116 Å². The Bertz CT molecular complexity index is 840. The number of carbonyl (C=O) groups is 1. The average molecular weight is 312 g/mol. The Balaban J connectivity index is 2.37. The number of sulfonamides is 1. The zero-order chi connectivity index (χ0) is 15.6. The third kappa shape index (κ3) is 3.26. The van der Waals surface area contributed by atoms with Crippen molar-refractivity contribution in [3.05, 3.63) is 58.3 Å². The van der Waals surface area contributed by atoms with Crippen LogP contribution in [0.25, 0.3) is 0 Å². The average Bonchev–Trinajstić information content (AvgIpc) is 2.41. The molecule has 0 aliphatic carbocycles. The van der Waals surface area contributed by atoms with Crippen molar-refractivity contribution < 1.29 is 22.7 Å². The quantitative estimate of drug-likeness (QED) is 0.779. The summed E-state index contributed by atoms with van der Waals surface area (Å²) in [6, 6.07) is 4.91. The molecule has 110 valence electrons. The summed E-state index contributed by atoms with van der Waals surface area (Å²) >= 11 is 0. The third-order valence-electron chi connectivity index (χ3n) is 2.51. The number of H-pyrrole nitrogens is 1. The molecule has 1 aromatic carbocycles. The fraction of sp³-hybridized carbons (Fsp3) is 0. The molecule has 0 atom stereocenters. The van der Waals surface area contributed by atoms with Crippen LogP contribution in [0.2, 0.25) is 0 Å². The molecule has 1 aromatic heterocycles. The zero-order valence-electron chi connectivity index (χ0n) is 10.3. The molecule has 2 aromatic rings. The monoisotopic (exact) mass is 312 g/mol. The molecule has 1 heterocycles. The molecule has 0 unspecified atom stereocenters. The summed E-state index contributed by atoms with van der Waals surface area (Å²) in [5.74, 6) is -2.49. The molecule has 0 fully saturated rings. The first-order valence-corrected chi connectivity index (χ1v) is 7.02. The Morgan fingerprint density at radius 2 is 1.95 bits per heavy atom. The van der Waals surface area contributed by atoms with Gasteiger partial charge in [-0.25, -0.2) is 17.6 Å². The number of carboxylic acid groups (broad SMARTS) is 1. The number of hydrogen-bond donors (Lipinski definition) is 3. The first-order valence-electron chi connectivity index (χ1n) is 5.54. The van der Waals surface area contributed by atoms with Crippen LogP contribution in [0, 0.1) is 5.82 Å². The van der Waals surface area contributed by atoms with E-state index < -0.39 is 32.9 Å². The number of halogens is 1. The fourth-order valence-corrected chi connectivity index (χ4v) is 2.55. The summed E-state index contributed by atoms with van der Waals surface area (Å²) in [5.41, 5.74) is -1.24. The predicted molar refractivity (Wildman–Crippen MR) is 71.2 cm³/mol. The van der Waals surface area contributed by atoms with E-state index in [1.807, 2.05) is 0 Å². The molecule has 0 saturated carbocycles. The van der Waals surface area contributed by atoms with Crippen LogP contribution in [-0.4, -0.2) is 24.5 Å². The number of nitrogens with one attached hydrogen (secondary N) is 2. The number of benzene rings is 1. The number of pyridine rings is 1. The van der Waals surface area contributed by atoms with Gasteiger partial charge in [0.1, 0.15) is 10.7 Å². The van der Waals surface area contributed by atoms with Crippen LogP contribution in [0.5, 0.6) is 0 Å². The van der Waals surface area contributed by atoms with Crippen LogP contribution < -0.4 is 10.3 Å². The molecule has 2 rings (SSSR count). The minimum Gasteiger partial charge on any atom is -0.478 e. The third-order valence-corrected chi connectivity index (χ3v) is 3.89. The van der Waals surface area contributed by atoms with E-state index in [9.17, 15) is 22.4 Å². The Morgan fingerprint density at radius 1 is 1.24 bits per heavy atom. The van der Waals surface area contributed by atoms with Crippen molar-refractivity contribution in [1.29, 1.82) is 0 Å². The number of aromatic amines is 1. The van der Waals surface area contributed by atoms with E-state index in [0.717, 1.165) is 36.5 Å². The van der Waals surface area contributed by atoms with Gasteiger partial charge in [-0.15, -0.1) is 0 Å². The van der Waals surface area contributed by atoms with Gasteiger partial charge in [0, 0.05) is 18.0 Å². The second-order valence-electron chi connectivity index (χ2n) is 3.99. The second-order valence-corrected chi connectivity index (χ2v) is 5.68.